The van der Waals surface area contributed by atoms with Crippen molar-refractivity contribution in [1.29, 1.82) is 0 Å². The summed E-state index contributed by atoms with van der Waals surface area (Å²) in [5.74, 6) is 0. The Bertz CT molecular complexity index is 23.0. The summed E-state index contributed by atoms with van der Waals surface area (Å²) in [7, 11) is 0. The standard InChI is InChI=1S/C4H8NO/c1-2-5-4-6-3-1/h1,5H,2-4H2. The average Bonchev–Trinajstić information content (AvgIpc) is 1.72. The molecule has 2 heteroatoms. The molecule has 0 bridgehead atoms. The predicted octanol–water partition coefficient (Wildman–Crippen LogP) is -0.232. The summed E-state index contributed by atoms with van der Waals surface area (Å²) >= 11 is 0. The maximum atomic E-state index is 4.90. The lowest BCUT2D eigenvalue weighted by molar-refractivity contribution is 0.113. The topological polar surface area (TPSA) is 21.3 Å². The van der Waals surface area contributed by atoms with E-state index in [1.807, 2.05) is 0 Å². The van der Waals surface area contributed by atoms with Gasteiger partial charge in [0.1, 0.15) is 0 Å². The van der Waals surface area contributed by atoms with Crippen molar-refractivity contribution >= 4 is 0 Å². The Morgan fingerprint density at radius 1 is 1.67 bits per heavy atom. The quantitative estimate of drug-likeness (QED) is 0.439. The van der Waals surface area contributed by atoms with Gasteiger partial charge >= 0.3 is 0 Å². The molecule has 1 saturated heterocycles. The van der Waals surface area contributed by atoms with Crippen LogP contribution in [0.15, 0.2) is 0 Å². The lowest BCUT2D eigenvalue weighted by Crippen LogP contribution is -2.26. The number of ether oxygens (including phenoxy) is 1. The second-order valence-corrected chi connectivity index (χ2v) is 1.26. The minimum absolute atomic E-state index is 0.719. The number of hydrogen-bond donors (Lipinski definition) is 1. The zero-order chi connectivity index (χ0) is 4.24. The van der Waals surface area contributed by atoms with Gasteiger partial charge in [-0.05, 0) is 0 Å². The molecule has 0 aliphatic carbocycles. The molecule has 1 rings (SSSR count). The van der Waals surface area contributed by atoms with E-state index in [0.717, 1.165) is 19.9 Å². The van der Waals surface area contributed by atoms with Crippen molar-refractivity contribution in [3.63, 3.8) is 0 Å². The Kier molecular flexibility index (Phi) is 1.47. The molecule has 0 aromatic carbocycles. The molecular formula is C4H8NO. The molecule has 1 aliphatic rings. The fourth-order valence-corrected chi connectivity index (χ4v) is 0.434. The van der Waals surface area contributed by atoms with E-state index in [1.54, 1.807) is 0 Å². The molecule has 2 nitrogen and oxygen atoms in total. The van der Waals surface area contributed by atoms with Crippen LogP contribution in [0.3, 0.4) is 0 Å². The first-order valence-corrected chi connectivity index (χ1v) is 2.10. The van der Waals surface area contributed by atoms with Crippen LogP contribution < -0.4 is 5.32 Å². The summed E-state index contributed by atoms with van der Waals surface area (Å²) in [5.41, 5.74) is 0. The molecule has 1 aliphatic heterocycles. The van der Waals surface area contributed by atoms with Crippen LogP contribution in [0, 0.1) is 6.42 Å². The van der Waals surface area contributed by atoms with Crippen molar-refractivity contribution in [2.45, 2.75) is 0 Å². The van der Waals surface area contributed by atoms with Crippen LogP contribution in [-0.2, 0) is 4.74 Å². The molecule has 1 N–H and O–H groups in total. The van der Waals surface area contributed by atoms with Gasteiger partial charge < -0.3 is 4.74 Å². The highest BCUT2D eigenvalue weighted by atomic mass is 16.5. The van der Waals surface area contributed by atoms with Gasteiger partial charge in [0.15, 0.2) is 0 Å². The van der Waals surface area contributed by atoms with Gasteiger partial charge in [0.2, 0.25) is 0 Å². The number of nitrogens with one attached hydrogen (secondary N) is 1. The Balaban J connectivity index is 2.00. The maximum Gasteiger partial charge on any atom is 0.0965 e. The lowest BCUT2D eigenvalue weighted by atomic mass is 10.4. The molecule has 0 saturated carbocycles. The zero-order valence-corrected chi connectivity index (χ0v) is 3.61. The molecule has 1 radical (unpaired) electrons. The van der Waals surface area contributed by atoms with E-state index in [2.05, 4.69) is 11.7 Å². The van der Waals surface area contributed by atoms with E-state index in [0.29, 0.717) is 0 Å². The number of hydrogen-bond acceptors (Lipinski definition) is 2. The Hall–Kier alpha value is -0.0800. The summed E-state index contributed by atoms with van der Waals surface area (Å²) in [6.45, 7) is 2.53. The second-order valence-electron chi connectivity index (χ2n) is 1.26. The highest BCUT2D eigenvalue weighted by Crippen LogP contribution is 1.82. The van der Waals surface area contributed by atoms with E-state index >= 15 is 0 Å². The van der Waals surface area contributed by atoms with E-state index in [-0.39, 0.29) is 0 Å². The van der Waals surface area contributed by atoms with E-state index in [9.17, 15) is 0 Å². The predicted molar refractivity (Wildman–Crippen MR) is 23.1 cm³/mol. The molecule has 35 valence electrons. The van der Waals surface area contributed by atoms with Crippen LogP contribution in [0.25, 0.3) is 0 Å². The minimum Gasteiger partial charge on any atom is -0.366 e. The van der Waals surface area contributed by atoms with Crippen molar-refractivity contribution in [2.24, 2.45) is 0 Å². The first-order chi connectivity index (χ1) is 3.00. The van der Waals surface area contributed by atoms with Gasteiger partial charge in [-0.15, -0.1) is 0 Å². The minimum atomic E-state index is 0.719. The van der Waals surface area contributed by atoms with E-state index in [1.165, 1.54) is 0 Å². The molecule has 0 spiro atoms. The Labute approximate surface area is 37.5 Å². The van der Waals surface area contributed by atoms with Crippen LogP contribution in [0.4, 0.5) is 0 Å². The molecule has 0 amide bonds. The lowest BCUT2D eigenvalue weighted by Gasteiger charge is -2.10. The third-order valence-electron chi connectivity index (χ3n) is 0.729. The van der Waals surface area contributed by atoms with Crippen LogP contribution in [-0.4, -0.2) is 19.9 Å². The highest BCUT2D eigenvalue weighted by molar-refractivity contribution is 4.68. The van der Waals surface area contributed by atoms with Gasteiger partial charge in [-0.2, -0.15) is 0 Å². The van der Waals surface area contributed by atoms with E-state index in [4.69, 9.17) is 4.74 Å². The second kappa shape index (κ2) is 2.16. The SMILES string of the molecule is [CH]1CNCOC1. The molecular weight excluding hydrogens is 78.0 g/mol. The van der Waals surface area contributed by atoms with Gasteiger partial charge in [0, 0.05) is 13.0 Å². The normalized spacial score (nSPS) is 24.0. The molecule has 1 heterocycles. The summed E-state index contributed by atoms with van der Waals surface area (Å²) < 4.78 is 4.90. The first kappa shape index (κ1) is 4.09. The van der Waals surface area contributed by atoms with Crippen LogP contribution >= 0.6 is 0 Å². The van der Waals surface area contributed by atoms with Gasteiger partial charge in [-0.25, -0.2) is 0 Å². The third kappa shape index (κ3) is 0.954. The van der Waals surface area contributed by atoms with Crippen LogP contribution in [0.1, 0.15) is 0 Å². The smallest absolute Gasteiger partial charge is 0.0965 e. The van der Waals surface area contributed by atoms with Crippen molar-refractivity contribution in [2.75, 3.05) is 19.9 Å². The molecule has 1 fully saturated rings. The van der Waals surface area contributed by atoms with Gasteiger partial charge in [-0.3, -0.25) is 5.32 Å². The van der Waals surface area contributed by atoms with Gasteiger partial charge in [-0.1, -0.05) is 0 Å². The Morgan fingerprint density at radius 3 is 2.83 bits per heavy atom. The molecule has 0 atom stereocenters. The molecule has 0 aromatic heterocycles. The monoisotopic (exact) mass is 86.1 g/mol. The fourth-order valence-electron chi connectivity index (χ4n) is 0.434. The van der Waals surface area contributed by atoms with E-state index < -0.39 is 0 Å². The molecule has 0 unspecified atom stereocenters. The summed E-state index contributed by atoms with van der Waals surface area (Å²) in [6.07, 6.45) is 2.06. The number of rotatable bonds is 0. The van der Waals surface area contributed by atoms with Crippen molar-refractivity contribution in [3.05, 3.63) is 6.42 Å². The average molecular weight is 86.1 g/mol. The summed E-state index contributed by atoms with van der Waals surface area (Å²) in [4.78, 5) is 0. The fraction of sp³-hybridized carbons (Fsp3) is 0.750. The highest BCUT2D eigenvalue weighted by Gasteiger charge is 1.93. The van der Waals surface area contributed by atoms with Crippen LogP contribution in [0.2, 0.25) is 0 Å². The van der Waals surface area contributed by atoms with Gasteiger partial charge in [0.05, 0.1) is 13.3 Å². The maximum absolute atomic E-state index is 4.90. The first-order valence-electron chi connectivity index (χ1n) is 2.10. The van der Waals surface area contributed by atoms with Crippen molar-refractivity contribution in [1.82, 2.24) is 5.32 Å². The van der Waals surface area contributed by atoms with Crippen molar-refractivity contribution < 1.29 is 4.74 Å². The molecule has 6 heavy (non-hydrogen) atoms. The third-order valence-corrected chi connectivity index (χ3v) is 0.729. The van der Waals surface area contributed by atoms with Gasteiger partial charge in [0.25, 0.3) is 0 Å². The summed E-state index contributed by atoms with van der Waals surface area (Å²) in [6, 6.07) is 0. The largest absolute Gasteiger partial charge is 0.366 e. The zero-order valence-electron chi connectivity index (χ0n) is 3.61. The van der Waals surface area contributed by atoms with Crippen molar-refractivity contribution in [3.8, 4) is 0 Å². The Morgan fingerprint density at radius 2 is 2.67 bits per heavy atom. The summed E-state index contributed by atoms with van der Waals surface area (Å²) in [5, 5.41) is 3.01. The molecule has 0 aromatic rings. The van der Waals surface area contributed by atoms with Crippen LogP contribution in [0.5, 0.6) is 0 Å².